The van der Waals surface area contributed by atoms with Crippen molar-refractivity contribution in [3.63, 3.8) is 0 Å². The molecule has 0 atom stereocenters. The molecular formula is C14H14BrN3O. The van der Waals surface area contributed by atoms with Gasteiger partial charge >= 0.3 is 0 Å². The summed E-state index contributed by atoms with van der Waals surface area (Å²) in [4.78, 5) is 20.4. The van der Waals surface area contributed by atoms with E-state index in [1.807, 2.05) is 12.1 Å². The molecule has 0 radical (unpaired) electrons. The van der Waals surface area contributed by atoms with Crippen molar-refractivity contribution in [2.45, 2.75) is 19.9 Å². The van der Waals surface area contributed by atoms with Crippen molar-refractivity contribution in [1.82, 2.24) is 15.3 Å². The predicted octanol–water partition coefficient (Wildman–Crippen LogP) is 2.73. The SMILES string of the molecule is CCc1cccnc1CNC(=O)c1cccnc1Br. The molecule has 19 heavy (non-hydrogen) atoms. The van der Waals surface area contributed by atoms with Gasteiger partial charge in [0, 0.05) is 12.4 Å². The van der Waals surface area contributed by atoms with Crippen LogP contribution in [0, 0.1) is 0 Å². The first kappa shape index (κ1) is 13.7. The Hall–Kier alpha value is -1.75. The van der Waals surface area contributed by atoms with E-state index in [-0.39, 0.29) is 5.91 Å². The summed E-state index contributed by atoms with van der Waals surface area (Å²) in [5.74, 6) is -0.160. The van der Waals surface area contributed by atoms with E-state index in [9.17, 15) is 4.79 Å². The van der Waals surface area contributed by atoms with Crippen LogP contribution in [-0.2, 0) is 13.0 Å². The second kappa shape index (κ2) is 6.43. The molecule has 0 aliphatic heterocycles. The lowest BCUT2D eigenvalue weighted by molar-refractivity contribution is 0.0949. The molecule has 0 saturated carbocycles. The van der Waals surface area contributed by atoms with Crippen LogP contribution in [-0.4, -0.2) is 15.9 Å². The van der Waals surface area contributed by atoms with Crippen LogP contribution >= 0.6 is 15.9 Å². The summed E-state index contributed by atoms with van der Waals surface area (Å²) in [5.41, 5.74) is 2.57. The molecule has 0 saturated heterocycles. The molecule has 0 aliphatic rings. The maximum Gasteiger partial charge on any atom is 0.254 e. The molecule has 98 valence electrons. The summed E-state index contributed by atoms with van der Waals surface area (Å²) in [6.07, 6.45) is 4.27. The zero-order valence-electron chi connectivity index (χ0n) is 10.6. The van der Waals surface area contributed by atoms with Crippen molar-refractivity contribution < 1.29 is 4.79 Å². The number of amides is 1. The van der Waals surface area contributed by atoms with Crippen molar-refractivity contribution in [2.75, 3.05) is 0 Å². The fraction of sp³-hybridized carbons (Fsp3) is 0.214. The number of carbonyl (C=O) groups is 1. The highest BCUT2D eigenvalue weighted by Crippen LogP contribution is 2.12. The Labute approximate surface area is 120 Å². The van der Waals surface area contributed by atoms with Gasteiger partial charge in [0.2, 0.25) is 0 Å². The Morgan fingerprint density at radius 1 is 1.26 bits per heavy atom. The van der Waals surface area contributed by atoms with Crippen LogP contribution in [0.15, 0.2) is 41.3 Å². The van der Waals surface area contributed by atoms with Gasteiger partial charge in [-0.25, -0.2) is 4.98 Å². The van der Waals surface area contributed by atoms with E-state index in [0.29, 0.717) is 16.7 Å². The highest BCUT2D eigenvalue weighted by atomic mass is 79.9. The molecule has 0 bridgehead atoms. The van der Waals surface area contributed by atoms with Gasteiger partial charge in [-0.15, -0.1) is 0 Å². The standard InChI is InChI=1S/C14H14BrN3O/c1-2-10-5-3-7-16-12(10)9-18-14(19)11-6-4-8-17-13(11)15/h3-8H,2,9H2,1H3,(H,18,19). The zero-order valence-corrected chi connectivity index (χ0v) is 12.1. The average Bonchev–Trinajstić information content (AvgIpc) is 2.45. The van der Waals surface area contributed by atoms with Gasteiger partial charge in [0.1, 0.15) is 4.60 Å². The molecule has 0 aliphatic carbocycles. The predicted molar refractivity (Wildman–Crippen MR) is 76.7 cm³/mol. The largest absolute Gasteiger partial charge is 0.346 e. The molecule has 0 fully saturated rings. The minimum atomic E-state index is -0.160. The lowest BCUT2D eigenvalue weighted by atomic mass is 10.1. The van der Waals surface area contributed by atoms with Gasteiger partial charge in [-0.3, -0.25) is 9.78 Å². The molecular weight excluding hydrogens is 306 g/mol. The van der Waals surface area contributed by atoms with Crippen LogP contribution in [0.1, 0.15) is 28.5 Å². The summed E-state index contributed by atoms with van der Waals surface area (Å²) in [5, 5.41) is 2.86. The van der Waals surface area contributed by atoms with E-state index in [4.69, 9.17) is 0 Å². The topological polar surface area (TPSA) is 54.9 Å². The van der Waals surface area contributed by atoms with Crippen LogP contribution < -0.4 is 5.32 Å². The number of aromatic nitrogens is 2. The molecule has 1 N–H and O–H groups in total. The molecule has 2 heterocycles. The van der Waals surface area contributed by atoms with Crippen LogP contribution in [0.2, 0.25) is 0 Å². The van der Waals surface area contributed by atoms with Gasteiger partial charge in [0.05, 0.1) is 17.8 Å². The minimum Gasteiger partial charge on any atom is -0.346 e. The van der Waals surface area contributed by atoms with Gasteiger partial charge in [0.15, 0.2) is 0 Å². The maximum atomic E-state index is 12.0. The van der Waals surface area contributed by atoms with Crippen LogP contribution in [0.25, 0.3) is 0 Å². The van der Waals surface area contributed by atoms with Crippen LogP contribution in [0.5, 0.6) is 0 Å². The number of pyridine rings is 2. The summed E-state index contributed by atoms with van der Waals surface area (Å²) in [7, 11) is 0. The van der Waals surface area contributed by atoms with Crippen molar-refractivity contribution in [3.8, 4) is 0 Å². The van der Waals surface area contributed by atoms with E-state index >= 15 is 0 Å². The first-order valence-corrected chi connectivity index (χ1v) is 6.83. The Morgan fingerprint density at radius 3 is 2.74 bits per heavy atom. The van der Waals surface area contributed by atoms with Gasteiger partial charge < -0.3 is 5.32 Å². The molecule has 5 heteroatoms. The lowest BCUT2D eigenvalue weighted by Gasteiger charge is -2.08. The molecule has 2 aromatic rings. The lowest BCUT2D eigenvalue weighted by Crippen LogP contribution is -2.24. The summed E-state index contributed by atoms with van der Waals surface area (Å²) < 4.78 is 0.546. The van der Waals surface area contributed by atoms with Crippen LogP contribution in [0.4, 0.5) is 0 Å². The third-order valence-electron chi connectivity index (χ3n) is 2.79. The van der Waals surface area contributed by atoms with E-state index in [0.717, 1.165) is 17.7 Å². The third-order valence-corrected chi connectivity index (χ3v) is 3.42. The first-order chi connectivity index (χ1) is 9.22. The normalized spacial score (nSPS) is 10.2. The summed E-state index contributed by atoms with van der Waals surface area (Å²) >= 11 is 3.26. The first-order valence-electron chi connectivity index (χ1n) is 6.04. The second-order valence-corrected chi connectivity index (χ2v) is 4.74. The van der Waals surface area contributed by atoms with Crippen LogP contribution in [0.3, 0.4) is 0 Å². The quantitative estimate of drug-likeness (QED) is 0.881. The molecule has 2 aromatic heterocycles. The van der Waals surface area contributed by atoms with E-state index in [2.05, 4.69) is 38.1 Å². The fourth-order valence-electron chi connectivity index (χ4n) is 1.77. The number of hydrogen-bond acceptors (Lipinski definition) is 3. The van der Waals surface area contributed by atoms with Gasteiger partial charge in [0.25, 0.3) is 5.91 Å². The highest BCUT2D eigenvalue weighted by Gasteiger charge is 2.10. The van der Waals surface area contributed by atoms with Crippen molar-refractivity contribution >= 4 is 21.8 Å². The monoisotopic (exact) mass is 319 g/mol. The second-order valence-electron chi connectivity index (χ2n) is 3.99. The van der Waals surface area contributed by atoms with Crippen molar-refractivity contribution in [3.05, 3.63) is 58.1 Å². The van der Waals surface area contributed by atoms with Gasteiger partial charge in [-0.2, -0.15) is 0 Å². The Kier molecular flexibility index (Phi) is 4.63. The molecule has 2 rings (SSSR count). The highest BCUT2D eigenvalue weighted by molar-refractivity contribution is 9.10. The number of aryl methyl sites for hydroxylation is 1. The minimum absolute atomic E-state index is 0.160. The summed E-state index contributed by atoms with van der Waals surface area (Å²) in [6, 6.07) is 7.39. The Morgan fingerprint density at radius 2 is 2.00 bits per heavy atom. The number of carbonyl (C=O) groups excluding carboxylic acids is 1. The molecule has 1 amide bonds. The van der Waals surface area contributed by atoms with Gasteiger partial charge in [-0.05, 0) is 46.1 Å². The van der Waals surface area contributed by atoms with Crippen molar-refractivity contribution in [2.24, 2.45) is 0 Å². The molecule has 0 unspecified atom stereocenters. The molecule has 0 spiro atoms. The number of halogens is 1. The fourth-order valence-corrected chi connectivity index (χ4v) is 2.20. The Balaban J connectivity index is 2.07. The average molecular weight is 320 g/mol. The zero-order chi connectivity index (χ0) is 13.7. The van der Waals surface area contributed by atoms with E-state index < -0.39 is 0 Å². The number of nitrogens with one attached hydrogen (secondary N) is 1. The van der Waals surface area contributed by atoms with Crippen molar-refractivity contribution in [1.29, 1.82) is 0 Å². The number of hydrogen-bond donors (Lipinski definition) is 1. The van der Waals surface area contributed by atoms with E-state index in [1.165, 1.54) is 0 Å². The summed E-state index contributed by atoms with van der Waals surface area (Å²) in [6.45, 7) is 2.49. The maximum absolute atomic E-state index is 12.0. The van der Waals surface area contributed by atoms with Gasteiger partial charge in [-0.1, -0.05) is 13.0 Å². The number of rotatable bonds is 4. The van der Waals surface area contributed by atoms with E-state index in [1.54, 1.807) is 24.5 Å². The molecule has 0 aromatic carbocycles. The smallest absolute Gasteiger partial charge is 0.254 e. The third kappa shape index (κ3) is 3.38. The molecule has 4 nitrogen and oxygen atoms in total. The Bertz CT molecular complexity index is 586. The number of nitrogens with zero attached hydrogens (tertiary/aromatic N) is 2.